The smallest absolute Gasteiger partial charge is 0.261 e. The molecule has 1 saturated heterocycles. The van der Waals surface area contributed by atoms with Crippen LogP contribution in [0.25, 0.3) is 0 Å². The van der Waals surface area contributed by atoms with Crippen LogP contribution in [0, 0.1) is 11.6 Å². The normalized spacial score (nSPS) is 17.2. The zero-order chi connectivity index (χ0) is 15.5. The number of ether oxygens (including phenoxy) is 2. The van der Waals surface area contributed by atoms with Crippen molar-refractivity contribution in [3.8, 4) is 17.4 Å². The third-order valence-electron chi connectivity index (χ3n) is 3.09. The van der Waals surface area contributed by atoms with Crippen molar-refractivity contribution in [2.45, 2.75) is 12.5 Å². The third kappa shape index (κ3) is 3.13. The number of nitrogens with zero attached hydrogens (tertiary/aromatic N) is 1. The number of rotatable bonds is 4. The molecule has 1 unspecified atom stereocenters. The molecule has 1 fully saturated rings. The van der Waals surface area contributed by atoms with Crippen LogP contribution in [0.5, 0.6) is 17.4 Å². The van der Waals surface area contributed by atoms with Gasteiger partial charge in [-0.05, 0) is 18.2 Å². The Hall–Kier alpha value is -2.70. The Labute approximate surface area is 124 Å². The minimum Gasteiger partial charge on any atom is -0.479 e. The summed E-state index contributed by atoms with van der Waals surface area (Å²) in [7, 11) is 0. The van der Waals surface area contributed by atoms with Crippen molar-refractivity contribution in [2.75, 3.05) is 6.54 Å². The topological polar surface area (TPSA) is 60.5 Å². The number of aromatic nitrogens is 1. The van der Waals surface area contributed by atoms with E-state index < -0.39 is 17.7 Å². The Balaban J connectivity index is 1.67. The van der Waals surface area contributed by atoms with Crippen molar-refractivity contribution in [3.05, 3.63) is 48.2 Å². The fourth-order valence-electron chi connectivity index (χ4n) is 2.02. The lowest BCUT2D eigenvalue weighted by Crippen LogP contribution is -2.27. The lowest BCUT2D eigenvalue weighted by Gasteiger charge is -2.11. The summed E-state index contributed by atoms with van der Waals surface area (Å²) in [6, 6.07) is 6.04. The van der Waals surface area contributed by atoms with E-state index in [-0.39, 0.29) is 17.5 Å². The SMILES string of the molecule is O=C1NCCC1Oc1ccc(Oc2ccc(F)cc2F)nc1. The van der Waals surface area contributed by atoms with Crippen LogP contribution in [0.4, 0.5) is 8.78 Å². The Kier molecular flexibility index (Phi) is 3.86. The van der Waals surface area contributed by atoms with Gasteiger partial charge in [0.15, 0.2) is 17.7 Å². The van der Waals surface area contributed by atoms with Crippen molar-refractivity contribution in [2.24, 2.45) is 0 Å². The molecule has 22 heavy (non-hydrogen) atoms. The summed E-state index contributed by atoms with van der Waals surface area (Å²) in [6.07, 6.45) is 1.45. The first-order valence-corrected chi connectivity index (χ1v) is 6.65. The quantitative estimate of drug-likeness (QED) is 0.942. The van der Waals surface area contributed by atoms with Crippen molar-refractivity contribution >= 4 is 5.91 Å². The molecule has 1 aliphatic heterocycles. The minimum atomic E-state index is -0.815. The van der Waals surface area contributed by atoms with Crippen molar-refractivity contribution in [3.63, 3.8) is 0 Å². The molecule has 1 aromatic heterocycles. The van der Waals surface area contributed by atoms with Crippen LogP contribution in [-0.2, 0) is 4.79 Å². The van der Waals surface area contributed by atoms with Crippen LogP contribution in [0.3, 0.4) is 0 Å². The second-order valence-corrected chi connectivity index (χ2v) is 4.70. The lowest BCUT2D eigenvalue weighted by atomic mass is 10.3. The van der Waals surface area contributed by atoms with E-state index in [0.29, 0.717) is 18.7 Å². The highest BCUT2D eigenvalue weighted by molar-refractivity contribution is 5.83. The summed E-state index contributed by atoms with van der Waals surface area (Å²) in [5.74, 6) is -1.24. The van der Waals surface area contributed by atoms with E-state index in [1.807, 2.05) is 0 Å². The zero-order valence-corrected chi connectivity index (χ0v) is 11.4. The molecule has 2 heterocycles. The van der Waals surface area contributed by atoms with Crippen LogP contribution in [0.15, 0.2) is 36.5 Å². The van der Waals surface area contributed by atoms with Gasteiger partial charge in [-0.3, -0.25) is 4.79 Å². The number of halogens is 2. The molecule has 2 aromatic rings. The Morgan fingerprint density at radius 2 is 2.09 bits per heavy atom. The number of carbonyl (C=O) groups excluding carboxylic acids is 1. The lowest BCUT2D eigenvalue weighted by molar-refractivity contribution is -0.124. The van der Waals surface area contributed by atoms with Gasteiger partial charge in [-0.2, -0.15) is 0 Å². The number of amides is 1. The first-order valence-electron chi connectivity index (χ1n) is 6.65. The van der Waals surface area contributed by atoms with Gasteiger partial charge in [0.05, 0.1) is 6.20 Å². The van der Waals surface area contributed by atoms with E-state index in [1.54, 1.807) is 6.07 Å². The van der Waals surface area contributed by atoms with Crippen LogP contribution >= 0.6 is 0 Å². The standard InChI is InChI=1S/C15H12F2N2O3/c16-9-1-3-12(11(17)7-9)22-14-4-2-10(8-19-14)21-13-5-6-18-15(13)20/h1-4,7-8,13H,5-6H2,(H,18,20). The van der Waals surface area contributed by atoms with Crippen LogP contribution in [0.2, 0.25) is 0 Å². The molecule has 0 saturated carbocycles. The highest BCUT2D eigenvalue weighted by Gasteiger charge is 2.25. The molecule has 1 aliphatic rings. The maximum atomic E-state index is 13.5. The molecule has 0 bridgehead atoms. The maximum Gasteiger partial charge on any atom is 0.261 e. The number of hydrogen-bond donors (Lipinski definition) is 1. The first kappa shape index (κ1) is 14.2. The second-order valence-electron chi connectivity index (χ2n) is 4.70. The summed E-state index contributed by atoms with van der Waals surface area (Å²) < 4.78 is 37.0. The number of pyridine rings is 1. The summed E-state index contributed by atoms with van der Waals surface area (Å²) in [5.41, 5.74) is 0. The molecule has 1 atom stereocenters. The number of benzene rings is 1. The minimum absolute atomic E-state index is 0.127. The van der Waals surface area contributed by atoms with E-state index in [1.165, 1.54) is 18.3 Å². The first-order chi connectivity index (χ1) is 10.6. The Bertz CT molecular complexity index is 692. The predicted octanol–water partition coefficient (Wildman–Crippen LogP) is 2.42. The fraction of sp³-hybridized carbons (Fsp3) is 0.200. The average Bonchev–Trinajstić information content (AvgIpc) is 2.89. The van der Waals surface area contributed by atoms with Crippen molar-refractivity contribution < 1.29 is 23.0 Å². The van der Waals surface area contributed by atoms with Crippen molar-refractivity contribution in [1.29, 1.82) is 0 Å². The van der Waals surface area contributed by atoms with Gasteiger partial charge in [0.2, 0.25) is 5.88 Å². The van der Waals surface area contributed by atoms with Gasteiger partial charge in [-0.1, -0.05) is 0 Å². The second kappa shape index (κ2) is 5.97. The molecule has 3 rings (SSSR count). The largest absolute Gasteiger partial charge is 0.479 e. The molecule has 114 valence electrons. The van der Waals surface area contributed by atoms with E-state index in [4.69, 9.17) is 9.47 Å². The maximum absolute atomic E-state index is 13.5. The van der Waals surface area contributed by atoms with Gasteiger partial charge < -0.3 is 14.8 Å². The van der Waals surface area contributed by atoms with E-state index in [0.717, 1.165) is 12.1 Å². The molecule has 5 nitrogen and oxygen atoms in total. The number of hydrogen-bond acceptors (Lipinski definition) is 4. The summed E-state index contributed by atoms with van der Waals surface area (Å²) in [4.78, 5) is 15.4. The highest BCUT2D eigenvalue weighted by Crippen LogP contribution is 2.25. The van der Waals surface area contributed by atoms with Gasteiger partial charge in [-0.25, -0.2) is 13.8 Å². The highest BCUT2D eigenvalue weighted by atomic mass is 19.1. The van der Waals surface area contributed by atoms with E-state index in [2.05, 4.69) is 10.3 Å². The number of nitrogens with one attached hydrogen (secondary N) is 1. The van der Waals surface area contributed by atoms with E-state index >= 15 is 0 Å². The van der Waals surface area contributed by atoms with Crippen LogP contribution in [-0.4, -0.2) is 23.5 Å². The fourth-order valence-corrected chi connectivity index (χ4v) is 2.02. The molecule has 7 heteroatoms. The monoisotopic (exact) mass is 306 g/mol. The van der Waals surface area contributed by atoms with E-state index in [9.17, 15) is 13.6 Å². The molecule has 0 spiro atoms. The zero-order valence-electron chi connectivity index (χ0n) is 11.4. The summed E-state index contributed by atoms with van der Waals surface area (Å²) in [6.45, 7) is 0.585. The molecule has 1 aromatic carbocycles. The van der Waals surface area contributed by atoms with Gasteiger partial charge in [0.1, 0.15) is 11.6 Å². The molecule has 0 aliphatic carbocycles. The van der Waals surface area contributed by atoms with Crippen LogP contribution < -0.4 is 14.8 Å². The predicted molar refractivity (Wildman–Crippen MR) is 72.7 cm³/mol. The molecular weight excluding hydrogens is 294 g/mol. The molecular formula is C15H12F2N2O3. The summed E-state index contributed by atoms with van der Waals surface area (Å²) in [5, 5.41) is 2.66. The Morgan fingerprint density at radius 1 is 1.23 bits per heavy atom. The van der Waals surface area contributed by atoms with Gasteiger partial charge in [0.25, 0.3) is 5.91 Å². The van der Waals surface area contributed by atoms with Crippen molar-refractivity contribution in [1.82, 2.24) is 10.3 Å². The van der Waals surface area contributed by atoms with Gasteiger partial charge >= 0.3 is 0 Å². The number of carbonyl (C=O) groups is 1. The van der Waals surface area contributed by atoms with Crippen LogP contribution in [0.1, 0.15) is 6.42 Å². The molecule has 0 radical (unpaired) electrons. The average molecular weight is 306 g/mol. The third-order valence-corrected chi connectivity index (χ3v) is 3.09. The Morgan fingerprint density at radius 3 is 2.73 bits per heavy atom. The van der Waals surface area contributed by atoms with Gasteiger partial charge in [-0.15, -0.1) is 0 Å². The summed E-state index contributed by atoms with van der Waals surface area (Å²) >= 11 is 0. The molecule has 1 amide bonds. The molecule has 1 N–H and O–H groups in total. The van der Waals surface area contributed by atoms with Gasteiger partial charge in [0, 0.05) is 25.1 Å².